The quantitative estimate of drug-likeness (QED) is 0.646. The van der Waals surface area contributed by atoms with Gasteiger partial charge in [-0.05, 0) is 43.9 Å². The van der Waals surface area contributed by atoms with Gasteiger partial charge in [-0.15, -0.1) is 0 Å². The standard InChI is InChI=1S/C13H18ClN/c1-4-11(5-2)10(3)15-13-8-6-7-12(14)9-13/h6-9,11H,4-5H2,1-3H3. The molecule has 0 N–H and O–H groups in total. The molecule has 0 fully saturated rings. The van der Waals surface area contributed by atoms with Gasteiger partial charge in [0, 0.05) is 10.7 Å². The van der Waals surface area contributed by atoms with E-state index in [1.165, 1.54) is 5.71 Å². The lowest BCUT2D eigenvalue weighted by Crippen LogP contribution is -2.08. The Morgan fingerprint density at radius 2 is 2.00 bits per heavy atom. The minimum Gasteiger partial charge on any atom is -0.258 e. The molecule has 1 nitrogen and oxygen atoms in total. The van der Waals surface area contributed by atoms with Crippen LogP contribution in [-0.4, -0.2) is 5.71 Å². The zero-order chi connectivity index (χ0) is 11.3. The zero-order valence-corrected chi connectivity index (χ0v) is 10.4. The molecule has 1 aromatic rings. The summed E-state index contributed by atoms with van der Waals surface area (Å²) >= 11 is 5.91. The van der Waals surface area contributed by atoms with E-state index in [2.05, 4.69) is 25.8 Å². The molecule has 0 saturated heterocycles. The van der Waals surface area contributed by atoms with Gasteiger partial charge in [0.15, 0.2) is 0 Å². The Morgan fingerprint density at radius 3 is 2.53 bits per heavy atom. The highest BCUT2D eigenvalue weighted by atomic mass is 35.5. The highest BCUT2D eigenvalue weighted by Crippen LogP contribution is 2.20. The lowest BCUT2D eigenvalue weighted by Gasteiger charge is -2.11. The van der Waals surface area contributed by atoms with Gasteiger partial charge in [0.1, 0.15) is 0 Å². The minimum atomic E-state index is 0.587. The van der Waals surface area contributed by atoms with Gasteiger partial charge in [-0.2, -0.15) is 0 Å². The van der Waals surface area contributed by atoms with Crippen molar-refractivity contribution in [2.75, 3.05) is 0 Å². The van der Waals surface area contributed by atoms with E-state index in [4.69, 9.17) is 11.6 Å². The van der Waals surface area contributed by atoms with Crippen molar-refractivity contribution in [1.29, 1.82) is 0 Å². The Labute approximate surface area is 97.2 Å². The summed E-state index contributed by atoms with van der Waals surface area (Å²) in [4.78, 5) is 4.59. The molecule has 0 aliphatic heterocycles. The van der Waals surface area contributed by atoms with Crippen molar-refractivity contribution in [1.82, 2.24) is 0 Å². The predicted octanol–water partition coefficient (Wildman–Crippen LogP) is 4.87. The smallest absolute Gasteiger partial charge is 0.0643 e. The SMILES string of the molecule is CCC(CC)C(C)=Nc1cccc(Cl)c1. The number of hydrogen-bond acceptors (Lipinski definition) is 1. The predicted molar refractivity (Wildman–Crippen MR) is 68.3 cm³/mol. The maximum atomic E-state index is 5.91. The molecule has 0 bridgehead atoms. The Balaban J connectivity index is 2.86. The van der Waals surface area contributed by atoms with Gasteiger partial charge in [0.2, 0.25) is 0 Å². The van der Waals surface area contributed by atoms with Crippen LogP contribution in [0.3, 0.4) is 0 Å². The monoisotopic (exact) mass is 223 g/mol. The summed E-state index contributed by atoms with van der Waals surface area (Å²) in [7, 11) is 0. The number of halogens is 1. The number of nitrogens with zero attached hydrogens (tertiary/aromatic N) is 1. The van der Waals surface area contributed by atoms with Gasteiger partial charge >= 0.3 is 0 Å². The molecule has 0 spiro atoms. The number of rotatable bonds is 4. The van der Waals surface area contributed by atoms with Crippen LogP contribution in [0, 0.1) is 5.92 Å². The Kier molecular flexibility index (Phi) is 4.83. The molecule has 2 heteroatoms. The highest BCUT2D eigenvalue weighted by Gasteiger charge is 2.06. The van der Waals surface area contributed by atoms with Crippen molar-refractivity contribution in [2.24, 2.45) is 10.9 Å². The molecule has 0 amide bonds. The van der Waals surface area contributed by atoms with Crippen LogP contribution < -0.4 is 0 Å². The first-order valence-corrected chi connectivity index (χ1v) is 5.85. The molecule has 1 aromatic carbocycles. The summed E-state index contributed by atoms with van der Waals surface area (Å²) in [5.74, 6) is 0.587. The second-order valence-corrected chi connectivity index (χ2v) is 4.18. The molecule has 0 aliphatic rings. The van der Waals surface area contributed by atoms with E-state index in [0.29, 0.717) is 5.92 Å². The van der Waals surface area contributed by atoms with Crippen molar-refractivity contribution >= 4 is 23.0 Å². The summed E-state index contributed by atoms with van der Waals surface area (Å²) in [6, 6.07) is 7.68. The molecule has 0 heterocycles. The molecule has 82 valence electrons. The van der Waals surface area contributed by atoms with Crippen LogP contribution in [0.15, 0.2) is 29.3 Å². The number of benzene rings is 1. The van der Waals surface area contributed by atoms with Gasteiger partial charge in [0.25, 0.3) is 0 Å². The first kappa shape index (κ1) is 12.3. The summed E-state index contributed by atoms with van der Waals surface area (Å²) < 4.78 is 0. The number of aliphatic imine (C=N–C) groups is 1. The van der Waals surface area contributed by atoms with E-state index in [1.807, 2.05) is 24.3 Å². The van der Waals surface area contributed by atoms with Crippen LogP contribution in [0.2, 0.25) is 5.02 Å². The average molecular weight is 224 g/mol. The van der Waals surface area contributed by atoms with Gasteiger partial charge in [-0.3, -0.25) is 4.99 Å². The maximum Gasteiger partial charge on any atom is 0.0643 e. The fourth-order valence-corrected chi connectivity index (χ4v) is 1.90. The summed E-state index contributed by atoms with van der Waals surface area (Å²) in [6.45, 7) is 6.49. The van der Waals surface area contributed by atoms with Crippen LogP contribution in [0.5, 0.6) is 0 Å². The minimum absolute atomic E-state index is 0.587. The molecule has 1 rings (SSSR count). The third-order valence-corrected chi connectivity index (χ3v) is 2.93. The second kappa shape index (κ2) is 5.92. The lowest BCUT2D eigenvalue weighted by atomic mass is 9.98. The Bertz CT molecular complexity index is 340. The van der Waals surface area contributed by atoms with Crippen LogP contribution in [0.25, 0.3) is 0 Å². The fraction of sp³-hybridized carbons (Fsp3) is 0.462. The van der Waals surface area contributed by atoms with Gasteiger partial charge in [0.05, 0.1) is 5.69 Å². The van der Waals surface area contributed by atoms with Gasteiger partial charge in [-0.1, -0.05) is 31.5 Å². The molecule has 0 aliphatic carbocycles. The third kappa shape index (κ3) is 3.67. The lowest BCUT2D eigenvalue weighted by molar-refractivity contribution is 0.640. The molecule has 0 unspecified atom stereocenters. The van der Waals surface area contributed by atoms with Crippen molar-refractivity contribution in [3.63, 3.8) is 0 Å². The van der Waals surface area contributed by atoms with E-state index >= 15 is 0 Å². The molecule has 0 aromatic heterocycles. The van der Waals surface area contributed by atoms with E-state index in [9.17, 15) is 0 Å². The Hall–Kier alpha value is -0.820. The third-order valence-electron chi connectivity index (χ3n) is 2.69. The molecular weight excluding hydrogens is 206 g/mol. The van der Waals surface area contributed by atoms with Crippen molar-refractivity contribution in [2.45, 2.75) is 33.6 Å². The molecule has 0 atom stereocenters. The van der Waals surface area contributed by atoms with Crippen LogP contribution in [0.1, 0.15) is 33.6 Å². The zero-order valence-electron chi connectivity index (χ0n) is 9.63. The first-order valence-electron chi connectivity index (χ1n) is 5.48. The van der Waals surface area contributed by atoms with E-state index < -0.39 is 0 Å². The normalized spacial score (nSPS) is 12.2. The Morgan fingerprint density at radius 1 is 1.33 bits per heavy atom. The van der Waals surface area contributed by atoms with Crippen molar-refractivity contribution in [3.8, 4) is 0 Å². The molecular formula is C13H18ClN. The molecule has 15 heavy (non-hydrogen) atoms. The summed E-state index contributed by atoms with van der Waals surface area (Å²) in [6.07, 6.45) is 2.29. The van der Waals surface area contributed by atoms with Crippen molar-refractivity contribution in [3.05, 3.63) is 29.3 Å². The van der Waals surface area contributed by atoms with Crippen LogP contribution in [-0.2, 0) is 0 Å². The van der Waals surface area contributed by atoms with Crippen molar-refractivity contribution < 1.29 is 0 Å². The topological polar surface area (TPSA) is 12.4 Å². The van der Waals surface area contributed by atoms with Crippen LogP contribution in [0.4, 0.5) is 5.69 Å². The molecule has 0 radical (unpaired) electrons. The van der Waals surface area contributed by atoms with Gasteiger partial charge < -0.3 is 0 Å². The fourth-order valence-electron chi connectivity index (χ4n) is 1.72. The summed E-state index contributed by atoms with van der Waals surface area (Å²) in [5.41, 5.74) is 2.15. The highest BCUT2D eigenvalue weighted by molar-refractivity contribution is 6.30. The maximum absolute atomic E-state index is 5.91. The average Bonchev–Trinajstić information content (AvgIpc) is 2.19. The van der Waals surface area contributed by atoms with E-state index in [0.717, 1.165) is 23.6 Å². The second-order valence-electron chi connectivity index (χ2n) is 3.75. The number of hydrogen-bond donors (Lipinski definition) is 0. The van der Waals surface area contributed by atoms with E-state index in [-0.39, 0.29) is 0 Å². The largest absolute Gasteiger partial charge is 0.258 e. The summed E-state index contributed by atoms with van der Waals surface area (Å²) in [5, 5.41) is 0.744. The van der Waals surface area contributed by atoms with E-state index in [1.54, 1.807) is 0 Å². The van der Waals surface area contributed by atoms with Gasteiger partial charge in [-0.25, -0.2) is 0 Å². The molecule has 0 saturated carbocycles. The van der Waals surface area contributed by atoms with Crippen LogP contribution >= 0.6 is 11.6 Å². The first-order chi connectivity index (χ1) is 7.17.